The predicted molar refractivity (Wildman–Crippen MR) is 74.7 cm³/mol. The fourth-order valence-electron chi connectivity index (χ4n) is 1.84. The van der Waals surface area contributed by atoms with Gasteiger partial charge in [0.25, 0.3) is 11.6 Å². The number of hydrogen-bond donors (Lipinski definition) is 1. The molecular weight excluding hydrogens is 262 g/mol. The minimum atomic E-state index is -0.508. The summed E-state index contributed by atoms with van der Waals surface area (Å²) in [6.07, 6.45) is 1.35. The van der Waals surface area contributed by atoms with E-state index in [0.717, 1.165) is 0 Å². The van der Waals surface area contributed by atoms with Crippen molar-refractivity contribution in [1.29, 1.82) is 0 Å². The van der Waals surface area contributed by atoms with Crippen molar-refractivity contribution in [1.82, 2.24) is 9.47 Å². The molecular formula is C13H21N3O4. The topological polar surface area (TPSA) is 88.6 Å². The summed E-state index contributed by atoms with van der Waals surface area (Å²) >= 11 is 0. The molecule has 20 heavy (non-hydrogen) atoms. The van der Waals surface area contributed by atoms with Crippen LogP contribution in [0, 0.1) is 10.1 Å². The van der Waals surface area contributed by atoms with E-state index in [9.17, 15) is 20.0 Å². The number of carbonyl (C=O) groups excluding carboxylic acids is 1. The van der Waals surface area contributed by atoms with E-state index >= 15 is 0 Å². The van der Waals surface area contributed by atoms with E-state index in [-0.39, 0.29) is 17.6 Å². The normalized spacial score (nSPS) is 12.5. The Bertz CT molecular complexity index is 494. The summed E-state index contributed by atoms with van der Waals surface area (Å²) in [5.74, 6) is -0.285. The minimum Gasteiger partial charge on any atom is -0.393 e. The molecule has 0 fully saturated rings. The van der Waals surface area contributed by atoms with Crippen molar-refractivity contribution in [3.63, 3.8) is 0 Å². The lowest BCUT2D eigenvalue weighted by Gasteiger charge is -2.20. The summed E-state index contributed by atoms with van der Waals surface area (Å²) < 4.78 is 1.60. The van der Waals surface area contributed by atoms with Crippen LogP contribution in [0.3, 0.4) is 0 Å². The zero-order valence-electron chi connectivity index (χ0n) is 12.2. The number of nitro groups is 1. The zero-order chi connectivity index (χ0) is 15.4. The van der Waals surface area contributed by atoms with Crippen LogP contribution >= 0.6 is 0 Å². The molecule has 1 N–H and O–H groups in total. The van der Waals surface area contributed by atoms with Gasteiger partial charge in [0.15, 0.2) is 0 Å². The summed E-state index contributed by atoms with van der Waals surface area (Å²) in [5.41, 5.74) is 0.200. The predicted octanol–water partition coefficient (Wildman–Crippen LogP) is 1.82. The largest absolute Gasteiger partial charge is 0.393 e. The van der Waals surface area contributed by atoms with Crippen LogP contribution in [0.1, 0.15) is 43.7 Å². The molecule has 0 saturated heterocycles. The fraction of sp³-hybridized carbons (Fsp3) is 0.615. The van der Waals surface area contributed by atoms with E-state index in [1.807, 2.05) is 13.8 Å². The van der Waals surface area contributed by atoms with Gasteiger partial charge in [-0.2, -0.15) is 0 Å². The number of aromatic nitrogens is 1. The van der Waals surface area contributed by atoms with Gasteiger partial charge in [-0.25, -0.2) is 0 Å². The third-order valence-electron chi connectivity index (χ3n) is 3.05. The molecule has 0 aliphatic carbocycles. The summed E-state index contributed by atoms with van der Waals surface area (Å²) in [4.78, 5) is 24.1. The Kier molecular flexibility index (Phi) is 5.26. The molecule has 112 valence electrons. The number of hydrogen-bond acceptors (Lipinski definition) is 4. The van der Waals surface area contributed by atoms with E-state index in [4.69, 9.17) is 0 Å². The molecule has 1 rings (SSSR count). The Morgan fingerprint density at radius 3 is 2.55 bits per heavy atom. The van der Waals surface area contributed by atoms with Crippen LogP contribution in [0.25, 0.3) is 0 Å². The van der Waals surface area contributed by atoms with E-state index in [1.165, 1.54) is 17.2 Å². The van der Waals surface area contributed by atoms with Crippen LogP contribution in [-0.2, 0) is 0 Å². The van der Waals surface area contributed by atoms with Crippen LogP contribution in [0.4, 0.5) is 5.69 Å². The Morgan fingerprint density at radius 2 is 2.10 bits per heavy atom. The maximum atomic E-state index is 12.3. The van der Waals surface area contributed by atoms with Crippen molar-refractivity contribution in [2.24, 2.45) is 0 Å². The van der Waals surface area contributed by atoms with Crippen LogP contribution < -0.4 is 0 Å². The molecule has 0 aliphatic heterocycles. The molecule has 1 amide bonds. The van der Waals surface area contributed by atoms with Gasteiger partial charge in [-0.15, -0.1) is 0 Å². The van der Waals surface area contributed by atoms with Crippen LogP contribution in [0.5, 0.6) is 0 Å². The average molecular weight is 283 g/mol. The smallest absolute Gasteiger partial charge is 0.287 e. The second-order valence-electron chi connectivity index (χ2n) is 5.21. The molecule has 0 saturated carbocycles. The van der Waals surface area contributed by atoms with Gasteiger partial charge in [0, 0.05) is 25.7 Å². The zero-order valence-corrected chi connectivity index (χ0v) is 12.2. The lowest BCUT2D eigenvalue weighted by Crippen LogP contribution is -2.31. The first-order chi connectivity index (χ1) is 9.23. The Balaban J connectivity index is 2.99. The van der Waals surface area contributed by atoms with Gasteiger partial charge in [-0.05, 0) is 27.2 Å². The van der Waals surface area contributed by atoms with E-state index < -0.39 is 11.0 Å². The van der Waals surface area contributed by atoms with Gasteiger partial charge in [0.05, 0.1) is 17.2 Å². The molecule has 1 atom stereocenters. The second-order valence-corrected chi connectivity index (χ2v) is 5.21. The molecule has 7 nitrogen and oxygen atoms in total. The molecule has 0 radical (unpaired) electrons. The van der Waals surface area contributed by atoms with Gasteiger partial charge >= 0.3 is 0 Å². The third-order valence-corrected chi connectivity index (χ3v) is 3.05. The third kappa shape index (κ3) is 3.80. The second kappa shape index (κ2) is 6.51. The minimum absolute atomic E-state index is 0.0483. The lowest BCUT2D eigenvalue weighted by molar-refractivity contribution is -0.384. The first-order valence-electron chi connectivity index (χ1n) is 6.53. The van der Waals surface area contributed by atoms with Crippen molar-refractivity contribution in [2.45, 2.75) is 39.3 Å². The fourth-order valence-corrected chi connectivity index (χ4v) is 1.84. The number of nitrogens with zero attached hydrogens (tertiary/aromatic N) is 3. The summed E-state index contributed by atoms with van der Waals surface area (Å²) in [6.45, 7) is 5.76. The molecule has 7 heteroatoms. The van der Waals surface area contributed by atoms with Crippen LogP contribution in [0.2, 0.25) is 0 Å². The Hall–Kier alpha value is -1.89. The van der Waals surface area contributed by atoms with Crippen molar-refractivity contribution < 1.29 is 14.8 Å². The molecule has 1 unspecified atom stereocenters. The van der Waals surface area contributed by atoms with Crippen LogP contribution in [0.15, 0.2) is 12.3 Å². The number of aliphatic hydroxyl groups excluding tert-OH is 1. The van der Waals surface area contributed by atoms with Crippen molar-refractivity contribution in [2.75, 3.05) is 13.6 Å². The van der Waals surface area contributed by atoms with Crippen molar-refractivity contribution in [3.05, 3.63) is 28.1 Å². The molecule has 0 spiro atoms. The number of amides is 1. The molecule has 0 aliphatic rings. The van der Waals surface area contributed by atoms with Gasteiger partial charge in [-0.3, -0.25) is 14.9 Å². The van der Waals surface area contributed by atoms with E-state index in [2.05, 4.69) is 0 Å². The highest BCUT2D eigenvalue weighted by Crippen LogP contribution is 2.21. The standard InChI is InChI=1S/C13H21N3O4/c1-9(2)15-8-11(16(19)20)7-12(15)13(18)14(4)6-5-10(3)17/h7-10,17H,5-6H2,1-4H3. The van der Waals surface area contributed by atoms with Gasteiger partial charge in [-0.1, -0.05) is 0 Å². The first kappa shape index (κ1) is 16.2. The summed E-state index contributed by atoms with van der Waals surface area (Å²) in [6, 6.07) is 1.24. The molecule has 0 bridgehead atoms. The average Bonchev–Trinajstić information content (AvgIpc) is 2.80. The van der Waals surface area contributed by atoms with Gasteiger partial charge in [0.2, 0.25) is 0 Å². The number of aliphatic hydroxyl groups is 1. The Labute approximate surface area is 118 Å². The van der Waals surface area contributed by atoms with E-state index in [1.54, 1.807) is 18.5 Å². The van der Waals surface area contributed by atoms with Crippen LogP contribution in [-0.4, -0.2) is 45.1 Å². The van der Waals surface area contributed by atoms with Crippen molar-refractivity contribution in [3.8, 4) is 0 Å². The molecule has 1 aromatic heterocycles. The highest BCUT2D eigenvalue weighted by molar-refractivity contribution is 5.93. The van der Waals surface area contributed by atoms with Gasteiger partial charge in [0.1, 0.15) is 5.69 Å². The quantitative estimate of drug-likeness (QED) is 0.637. The molecule has 0 aromatic carbocycles. The maximum Gasteiger partial charge on any atom is 0.287 e. The number of carbonyl (C=O) groups is 1. The van der Waals surface area contributed by atoms with E-state index in [0.29, 0.717) is 18.7 Å². The maximum absolute atomic E-state index is 12.3. The molecule has 1 heterocycles. The number of rotatable bonds is 6. The SMILES string of the molecule is CC(O)CCN(C)C(=O)c1cc([N+](=O)[O-])cn1C(C)C. The first-order valence-corrected chi connectivity index (χ1v) is 6.53. The summed E-state index contributed by atoms with van der Waals surface area (Å²) in [7, 11) is 1.62. The summed E-state index contributed by atoms with van der Waals surface area (Å²) in [5, 5.41) is 20.1. The Morgan fingerprint density at radius 1 is 1.50 bits per heavy atom. The monoisotopic (exact) mass is 283 g/mol. The highest BCUT2D eigenvalue weighted by Gasteiger charge is 2.23. The van der Waals surface area contributed by atoms with Crippen molar-refractivity contribution >= 4 is 11.6 Å². The highest BCUT2D eigenvalue weighted by atomic mass is 16.6. The lowest BCUT2D eigenvalue weighted by atomic mass is 10.2. The van der Waals surface area contributed by atoms with Gasteiger partial charge < -0.3 is 14.6 Å². The molecule has 1 aromatic rings.